The summed E-state index contributed by atoms with van der Waals surface area (Å²) in [7, 11) is 0. The molecule has 0 saturated heterocycles. The highest BCUT2D eigenvalue weighted by Gasteiger charge is 2.26. The molecule has 0 bridgehead atoms. The van der Waals surface area contributed by atoms with Crippen LogP contribution in [0.15, 0.2) is 22.9 Å². The monoisotopic (exact) mass is 340 g/mol. The third-order valence-electron chi connectivity index (χ3n) is 3.59. The fourth-order valence-electron chi connectivity index (χ4n) is 2.62. The fraction of sp³-hybridized carbons (Fsp3) is 0.600. The molecule has 20 heavy (non-hydrogen) atoms. The minimum absolute atomic E-state index is 0.224. The highest BCUT2D eigenvalue weighted by atomic mass is 79.9. The summed E-state index contributed by atoms with van der Waals surface area (Å²) in [6, 6.07) is 1.88. The van der Waals surface area contributed by atoms with Gasteiger partial charge in [0.15, 0.2) is 0 Å². The molecule has 1 aliphatic rings. The minimum atomic E-state index is -0.428. The predicted octanol–water partition coefficient (Wildman–Crippen LogP) is 3.37. The molecule has 1 heterocycles. The van der Waals surface area contributed by atoms with E-state index in [2.05, 4.69) is 26.2 Å². The first-order valence-electron chi connectivity index (χ1n) is 7.24. The lowest BCUT2D eigenvalue weighted by molar-refractivity contribution is -0.146. The van der Waals surface area contributed by atoms with Gasteiger partial charge in [0.05, 0.1) is 6.61 Å². The Hall–Kier alpha value is -0.940. The summed E-state index contributed by atoms with van der Waals surface area (Å²) in [6.07, 6.45) is 9.43. The van der Waals surface area contributed by atoms with Gasteiger partial charge in [0, 0.05) is 22.9 Å². The maximum atomic E-state index is 12.2. The second-order valence-electron chi connectivity index (χ2n) is 5.12. The highest BCUT2D eigenvalue weighted by Crippen LogP contribution is 2.23. The molecule has 1 aromatic heterocycles. The summed E-state index contributed by atoms with van der Waals surface area (Å²) in [5.41, 5.74) is 0.850. The fourth-order valence-corrected chi connectivity index (χ4v) is 3.00. The molecule has 0 radical (unpaired) electrons. The first-order chi connectivity index (χ1) is 9.70. The van der Waals surface area contributed by atoms with Crippen LogP contribution in [0.2, 0.25) is 0 Å². The molecule has 1 unspecified atom stereocenters. The van der Waals surface area contributed by atoms with Crippen molar-refractivity contribution in [3.05, 3.63) is 28.5 Å². The third kappa shape index (κ3) is 4.28. The molecule has 0 aliphatic heterocycles. The lowest BCUT2D eigenvalue weighted by Crippen LogP contribution is -2.39. The van der Waals surface area contributed by atoms with Crippen molar-refractivity contribution in [2.24, 2.45) is 0 Å². The van der Waals surface area contributed by atoms with Crippen LogP contribution in [0.3, 0.4) is 0 Å². The molecule has 1 fully saturated rings. The van der Waals surface area contributed by atoms with Crippen LogP contribution in [0.4, 0.5) is 0 Å². The number of nitrogens with one attached hydrogen (secondary N) is 1. The molecule has 4 nitrogen and oxygen atoms in total. The zero-order valence-electron chi connectivity index (χ0n) is 11.8. The Morgan fingerprint density at radius 1 is 1.45 bits per heavy atom. The number of hydrogen-bond acceptors (Lipinski definition) is 4. The lowest BCUT2D eigenvalue weighted by Gasteiger charge is -2.27. The van der Waals surface area contributed by atoms with Crippen LogP contribution in [0, 0.1) is 0 Å². The number of pyridine rings is 1. The van der Waals surface area contributed by atoms with E-state index in [1.165, 1.54) is 19.3 Å². The quantitative estimate of drug-likeness (QED) is 0.835. The smallest absolute Gasteiger partial charge is 0.327 e. The van der Waals surface area contributed by atoms with E-state index in [0.29, 0.717) is 12.6 Å². The van der Waals surface area contributed by atoms with Gasteiger partial charge in [0.2, 0.25) is 0 Å². The van der Waals surface area contributed by atoms with E-state index < -0.39 is 6.04 Å². The van der Waals surface area contributed by atoms with Crippen LogP contribution in [0.25, 0.3) is 0 Å². The van der Waals surface area contributed by atoms with Crippen LogP contribution in [-0.2, 0) is 9.53 Å². The van der Waals surface area contributed by atoms with Crippen LogP contribution in [-0.4, -0.2) is 23.6 Å². The number of hydrogen-bond donors (Lipinski definition) is 1. The Bertz CT molecular complexity index is 447. The molecule has 2 rings (SSSR count). The van der Waals surface area contributed by atoms with Crippen molar-refractivity contribution in [1.82, 2.24) is 10.3 Å². The highest BCUT2D eigenvalue weighted by molar-refractivity contribution is 9.10. The minimum Gasteiger partial charge on any atom is -0.465 e. The van der Waals surface area contributed by atoms with Gasteiger partial charge in [-0.1, -0.05) is 19.3 Å². The number of carbonyl (C=O) groups excluding carboxylic acids is 1. The second kappa shape index (κ2) is 7.74. The molecule has 5 heteroatoms. The molecule has 1 aliphatic carbocycles. The Morgan fingerprint density at radius 3 is 2.85 bits per heavy atom. The van der Waals surface area contributed by atoms with Gasteiger partial charge >= 0.3 is 5.97 Å². The standard InChI is InChI=1S/C15H21BrN2O2/c1-2-20-15(19)14(11-8-12(16)10-17-9-11)18-13-6-4-3-5-7-13/h8-10,13-14,18H,2-7H2,1H3. The molecule has 0 amide bonds. The number of aromatic nitrogens is 1. The number of ether oxygens (including phenoxy) is 1. The summed E-state index contributed by atoms with van der Waals surface area (Å²) < 4.78 is 6.07. The molecule has 110 valence electrons. The maximum absolute atomic E-state index is 12.2. The zero-order chi connectivity index (χ0) is 14.4. The topological polar surface area (TPSA) is 51.2 Å². The van der Waals surface area contributed by atoms with Crippen molar-refractivity contribution in [2.45, 2.75) is 51.1 Å². The van der Waals surface area contributed by atoms with Crippen LogP contribution < -0.4 is 5.32 Å². The molecule has 1 saturated carbocycles. The molecule has 1 aromatic rings. The van der Waals surface area contributed by atoms with Crippen molar-refractivity contribution in [3.63, 3.8) is 0 Å². The summed E-state index contributed by atoms with van der Waals surface area (Å²) in [5.74, 6) is -0.224. The van der Waals surface area contributed by atoms with Gasteiger partial charge < -0.3 is 4.74 Å². The van der Waals surface area contributed by atoms with Gasteiger partial charge in [-0.2, -0.15) is 0 Å². The van der Waals surface area contributed by atoms with Crippen molar-refractivity contribution in [2.75, 3.05) is 6.61 Å². The van der Waals surface area contributed by atoms with Gasteiger partial charge in [-0.3, -0.25) is 10.3 Å². The van der Waals surface area contributed by atoms with E-state index in [-0.39, 0.29) is 5.97 Å². The van der Waals surface area contributed by atoms with E-state index in [0.717, 1.165) is 22.9 Å². The van der Waals surface area contributed by atoms with Gasteiger partial charge in [0.25, 0.3) is 0 Å². The SMILES string of the molecule is CCOC(=O)C(NC1CCCCC1)c1cncc(Br)c1. The van der Waals surface area contributed by atoms with Crippen molar-refractivity contribution >= 4 is 21.9 Å². The van der Waals surface area contributed by atoms with E-state index >= 15 is 0 Å². The largest absolute Gasteiger partial charge is 0.465 e. The Kier molecular flexibility index (Phi) is 5.98. The van der Waals surface area contributed by atoms with Crippen molar-refractivity contribution in [1.29, 1.82) is 0 Å². The first kappa shape index (κ1) is 15.4. The van der Waals surface area contributed by atoms with Gasteiger partial charge in [0.1, 0.15) is 6.04 Å². The van der Waals surface area contributed by atoms with Crippen molar-refractivity contribution < 1.29 is 9.53 Å². The third-order valence-corrected chi connectivity index (χ3v) is 4.02. The average molecular weight is 341 g/mol. The van der Waals surface area contributed by atoms with Gasteiger partial charge in [-0.05, 0) is 47.3 Å². The number of nitrogens with zero attached hydrogens (tertiary/aromatic N) is 1. The molecule has 0 spiro atoms. The van der Waals surface area contributed by atoms with E-state index in [1.807, 2.05) is 13.0 Å². The van der Waals surface area contributed by atoms with E-state index in [1.54, 1.807) is 12.4 Å². The summed E-state index contributed by atoms with van der Waals surface area (Å²) in [6.45, 7) is 2.22. The second-order valence-corrected chi connectivity index (χ2v) is 6.04. The van der Waals surface area contributed by atoms with Crippen LogP contribution in [0.1, 0.15) is 50.6 Å². The lowest BCUT2D eigenvalue weighted by atomic mass is 9.94. The molecule has 1 atom stereocenters. The zero-order valence-corrected chi connectivity index (χ0v) is 13.4. The number of halogens is 1. The summed E-state index contributed by atoms with van der Waals surface area (Å²) in [4.78, 5) is 16.3. The molecule has 1 N–H and O–H groups in total. The van der Waals surface area contributed by atoms with E-state index in [4.69, 9.17) is 4.74 Å². The molecule has 0 aromatic carbocycles. The number of rotatable bonds is 5. The van der Waals surface area contributed by atoms with Gasteiger partial charge in [-0.15, -0.1) is 0 Å². The number of carbonyl (C=O) groups is 1. The number of esters is 1. The molecular weight excluding hydrogens is 320 g/mol. The van der Waals surface area contributed by atoms with Crippen LogP contribution in [0.5, 0.6) is 0 Å². The normalized spacial score (nSPS) is 17.7. The summed E-state index contributed by atoms with van der Waals surface area (Å²) >= 11 is 3.40. The van der Waals surface area contributed by atoms with Crippen molar-refractivity contribution in [3.8, 4) is 0 Å². The summed E-state index contributed by atoms with van der Waals surface area (Å²) in [5, 5.41) is 3.45. The predicted molar refractivity (Wildman–Crippen MR) is 81.3 cm³/mol. The van der Waals surface area contributed by atoms with E-state index in [9.17, 15) is 4.79 Å². The molecular formula is C15H21BrN2O2. The van der Waals surface area contributed by atoms with Crippen LogP contribution >= 0.6 is 15.9 Å². The average Bonchev–Trinajstić information content (AvgIpc) is 2.46. The van der Waals surface area contributed by atoms with Gasteiger partial charge in [-0.25, -0.2) is 4.79 Å². The Labute approximate surface area is 128 Å². The Balaban J connectivity index is 2.13. The Morgan fingerprint density at radius 2 is 2.20 bits per heavy atom. The first-order valence-corrected chi connectivity index (χ1v) is 8.03. The maximum Gasteiger partial charge on any atom is 0.327 e.